The number of nitrogens with two attached hydrogens (primary N) is 1. The molecule has 0 amide bonds. The molecule has 108 valence electrons. The van der Waals surface area contributed by atoms with Crippen LogP contribution in [0.5, 0.6) is 5.75 Å². The zero-order valence-electron chi connectivity index (χ0n) is 11.7. The molecular weight excluding hydrogens is 269 g/mol. The third-order valence-corrected chi connectivity index (χ3v) is 3.55. The Bertz CT molecular complexity index is 782. The summed E-state index contributed by atoms with van der Waals surface area (Å²) in [6.45, 7) is 0.579. The molecule has 2 aromatic carbocycles. The Kier molecular flexibility index (Phi) is 3.48. The molecule has 3 rings (SSSR count). The Labute approximate surface area is 122 Å². The Morgan fingerprint density at radius 3 is 2.81 bits per heavy atom. The van der Waals surface area contributed by atoms with E-state index >= 15 is 0 Å². The molecular formula is C16H16FN3O. The standard InChI is InChI=1S/C16H16FN3O/c1-21-12-6-7-15-14(10-12)19-16(18)20(15)9-8-11-4-2-3-5-13(11)17/h2-7,10H,8-9H2,1H3,(H2,18,19). The lowest BCUT2D eigenvalue weighted by Gasteiger charge is -2.07. The highest BCUT2D eigenvalue weighted by Crippen LogP contribution is 2.23. The number of anilines is 1. The fraction of sp³-hybridized carbons (Fsp3) is 0.188. The van der Waals surface area contributed by atoms with Crippen molar-refractivity contribution >= 4 is 17.0 Å². The van der Waals surface area contributed by atoms with Crippen LogP contribution in [0.25, 0.3) is 11.0 Å². The van der Waals surface area contributed by atoms with Crippen LogP contribution in [0, 0.1) is 5.82 Å². The number of nitrogens with zero attached hydrogens (tertiary/aromatic N) is 2. The van der Waals surface area contributed by atoms with Crippen molar-refractivity contribution in [3.05, 3.63) is 53.8 Å². The predicted octanol–water partition coefficient (Wildman–Crippen LogP) is 3.01. The van der Waals surface area contributed by atoms with Gasteiger partial charge in [0.2, 0.25) is 5.95 Å². The van der Waals surface area contributed by atoms with Gasteiger partial charge >= 0.3 is 0 Å². The summed E-state index contributed by atoms with van der Waals surface area (Å²) in [5.41, 5.74) is 8.34. The van der Waals surface area contributed by atoms with E-state index in [-0.39, 0.29) is 5.82 Å². The molecule has 0 aliphatic rings. The van der Waals surface area contributed by atoms with Crippen molar-refractivity contribution < 1.29 is 9.13 Å². The summed E-state index contributed by atoms with van der Waals surface area (Å²) in [7, 11) is 1.61. The average molecular weight is 285 g/mol. The summed E-state index contributed by atoms with van der Waals surface area (Å²) in [5.74, 6) is 0.970. The van der Waals surface area contributed by atoms with Gasteiger partial charge in [-0.05, 0) is 30.2 Å². The molecule has 0 saturated heterocycles. The molecule has 3 aromatic rings. The number of ether oxygens (including phenoxy) is 1. The number of hydrogen-bond donors (Lipinski definition) is 1. The maximum absolute atomic E-state index is 13.7. The second-order valence-corrected chi connectivity index (χ2v) is 4.82. The molecule has 0 aliphatic heterocycles. The smallest absolute Gasteiger partial charge is 0.201 e. The van der Waals surface area contributed by atoms with Gasteiger partial charge in [-0.2, -0.15) is 0 Å². The number of aryl methyl sites for hydroxylation is 2. The normalized spacial score (nSPS) is 11.0. The van der Waals surface area contributed by atoms with Crippen molar-refractivity contribution in [3.8, 4) is 5.75 Å². The minimum atomic E-state index is -0.192. The van der Waals surface area contributed by atoms with E-state index in [1.807, 2.05) is 28.8 Å². The molecule has 2 N–H and O–H groups in total. The first-order chi connectivity index (χ1) is 10.2. The molecule has 21 heavy (non-hydrogen) atoms. The number of rotatable bonds is 4. The van der Waals surface area contributed by atoms with Gasteiger partial charge in [0.05, 0.1) is 18.1 Å². The van der Waals surface area contributed by atoms with E-state index in [0.29, 0.717) is 24.5 Å². The number of nitrogen functional groups attached to an aromatic ring is 1. The lowest BCUT2D eigenvalue weighted by atomic mass is 10.1. The van der Waals surface area contributed by atoms with Crippen LogP contribution < -0.4 is 10.5 Å². The van der Waals surface area contributed by atoms with Gasteiger partial charge in [0.25, 0.3) is 0 Å². The van der Waals surface area contributed by atoms with Crippen LogP contribution in [-0.4, -0.2) is 16.7 Å². The molecule has 0 fully saturated rings. The van der Waals surface area contributed by atoms with Crippen molar-refractivity contribution in [3.63, 3.8) is 0 Å². The maximum Gasteiger partial charge on any atom is 0.201 e. The van der Waals surface area contributed by atoms with E-state index in [4.69, 9.17) is 10.5 Å². The van der Waals surface area contributed by atoms with Crippen LogP contribution in [0.15, 0.2) is 42.5 Å². The largest absolute Gasteiger partial charge is 0.497 e. The molecule has 4 nitrogen and oxygen atoms in total. The van der Waals surface area contributed by atoms with E-state index in [1.54, 1.807) is 19.2 Å². The summed E-state index contributed by atoms with van der Waals surface area (Å²) in [5, 5.41) is 0. The molecule has 0 aliphatic carbocycles. The number of hydrogen-bond acceptors (Lipinski definition) is 3. The third kappa shape index (κ3) is 2.54. The number of methoxy groups -OCH3 is 1. The molecule has 1 aromatic heterocycles. The first-order valence-corrected chi connectivity index (χ1v) is 6.72. The second-order valence-electron chi connectivity index (χ2n) is 4.82. The Morgan fingerprint density at radius 1 is 1.24 bits per heavy atom. The second kappa shape index (κ2) is 5.44. The quantitative estimate of drug-likeness (QED) is 0.801. The molecule has 0 unspecified atom stereocenters. The number of benzene rings is 2. The van der Waals surface area contributed by atoms with Gasteiger partial charge in [-0.3, -0.25) is 0 Å². The summed E-state index contributed by atoms with van der Waals surface area (Å²) in [6, 6.07) is 12.4. The van der Waals surface area contributed by atoms with Gasteiger partial charge in [-0.1, -0.05) is 18.2 Å². The minimum Gasteiger partial charge on any atom is -0.497 e. The van der Waals surface area contributed by atoms with E-state index in [9.17, 15) is 4.39 Å². The fourth-order valence-electron chi connectivity index (χ4n) is 2.42. The Balaban J connectivity index is 1.90. The number of imidazole rings is 1. The van der Waals surface area contributed by atoms with Crippen molar-refractivity contribution in [1.82, 2.24) is 9.55 Å². The van der Waals surface area contributed by atoms with Crippen molar-refractivity contribution in [2.45, 2.75) is 13.0 Å². The number of halogens is 1. The SMILES string of the molecule is COc1ccc2c(c1)nc(N)n2CCc1ccccc1F. The molecule has 0 bridgehead atoms. The maximum atomic E-state index is 13.7. The van der Waals surface area contributed by atoms with Crippen LogP contribution in [0.3, 0.4) is 0 Å². The Hall–Kier alpha value is -2.56. The highest BCUT2D eigenvalue weighted by molar-refractivity contribution is 5.79. The van der Waals surface area contributed by atoms with Crippen LogP contribution >= 0.6 is 0 Å². The molecule has 5 heteroatoms. The van der Waals surface area contributed by atoms with Gasteiger partial charge < -0.3 is 15.0 Å². The lowest BCUT2D eigenvalue weighted by Crippen LogP contribution is -2.06. The van der Waals surface area contributed by atoms with E-state index in [0.717, 1.165) is 16.8 Å². The van der Waals surface area contributed by atoms with Gasteiger partial charge in [-0.15, -0.1) is 0 Å². The van der Waals surface area contributed by atoms with Crippen molar-refractivity contribution in [1.29, 1.82) is 0 Å². The topological polar surface area (TPSA) is 53.1 Å². The fourth-order valence-corrected chi connectivity index (χ4v) is 2.42. The van der Waals surface area contributed by atoms with Crippen LogP contribution in [-0.2, 0) is 13.0 Å². The molecule has 0 radical (unpaired) electrons. The van der Waals surface area contributed by atoms with Gasteiger partial charge in [-0.25, -0.2) is 9.37 Å². The highest BCUT2D eigenvalue weighted by atomic mass is 19.1. The Morgan fingerprint density at radius 2 is 2.05 bits per heavy atom. The van der Waals surface area contributed by atoms with E-state index in [1.165, 1.54) is 6.07 Å². The highest BCUT2D eigenvalue weighted by Gasteiger charge is 2.10. The summed E-state index contributed by atoms with van der Waals surface area (Å²) >= 11 is 0. The van der Waals surface area contributed by atoms with Crippen LogP contribution in [0.4, 0.5) is 10.3 Å². The predicted molar refractivity (Wildman–Crippen MR) is 80.8 cm³/mol. The molecule has 1 heterocycles. The van der Waals surface area contributed by atoms with Gasteiger partial charge in [0, 0.05) is 12.6 Å². The van der Waals surface area contributed by atoms with Gasteiger partial charge in [0.15, 0.2) is 0 Å². The molecule has 0 saturated carbocycles. The number of fused-ring (bicyclic) bond motifs is 1. The van der Waals surface area contributed by atoms with Gasteiger partial charge in [0.1, 0.15) is 11.6 Å². The first-order valence-electron chi connectivity index (χ1n) is 6.72. The van der Waals surface area contributed by atoms with Crippen molar-refractivity contribution in [2.24, 2.45) is 0 Å². The van der Waals surface area contributed by atoms with E-state index in [2.05, 4.69) is 4.98 Å². The molecule has 0 spiro atoms. The monoisotopic (exact) mass is 285 g/mol. The zero-order valence-corrected chi connectivity index (χ0v) is 11.7. The number of aromatic nitrogens is 2. The zero-order chi connectivity index (χ0) is 14.8. The summed E-state index contributed by atoms with van der Waals surface area (Å²) in [6.07, 6.45) is 0.564. The molecule has 0 atom stereocenters. The lowest BCUT2D eigenvalue weighted by molar-refractivity contribution is 0.415. The minimum absolute atomic E-state index is 0.192. The van der Waals surface area contributed by atoms with Crippen LogP contribution in [0.2, 0.25) is 0 Å². The summed E-state index contributed by atoms with van der Waals surface area (Å²) in [4.78, 5) is 4.32. The first kappa shape index (κ1) is 13.4. The van der Waals surface area contributed by atoms with Crippen LogP contribution in [0.1, 0.15) is 5.56 Å². The summed E-state index contributed by atoms with van der Waals surface area (Å²) < 4.78 is 20.7. The third-order valence-electron chi connectivity index (χ3n) is 3.55. The van der Waals surface area contributed by atoms with E-state index < -0.39 is 0 Å². The average Bonchev–Trinajstić information content (AvgIpc) is 2.81. The van der Waals surface area contributed by atoms with Crippen molar-refractivity contribution in [2.75, 3.05) is 12.8 Å².